The van der Waals surface area contributed by atoms with Crippen LogP contribution in [0.1, 0.15) is 19.3 Å². The van der Waals surface area contributed by atoms with Gasteiger partial charge in [0, 0.05) is 6.04 Å². The van der Waals surface area contributed by atoms with Crippen LogP contribution in [0.2, 0.25) is 0 Å². The SMILES string of the molecule is O=C(CSc1n[nH]c(=S)s1)NC1[C@@H]2[C@H]3CC[C@@H](C3)[C@H]12. The first-order valence-electron chi connectivity index (χ1n) is 6.70. The Labute approximate surface area is 124 Å². The van der Waals surface area contributed by atoms with Crippen LogP contribution in [-0.4, -0.2) is 27.9 Å². The molecule has 7 heteroatoms. The summed E-state index contributed by atoms with van der Waals surface area (Å²) in [6.45, 7) is 0. The second-order valence-electron chi connectivity index (χ2n) is 5.75. The molecule has 2 bridgehead atoms. The summed E-state index contributed by atoms with van der Waals surface area (Å²) in [7, 11) is 0. The summed E-state index contributed by atoms with van der Waals surface area (Å²) < 4.78 is 1.51. The molecule has 0 radical (unpaired) electrons. The predicted molar refractivity (Wildman–Crippen MR) is 77.8 cm³/mol. The van der Waals surface area contributed by atoms with Gasteiger partial charge in [0.1, 0.15) is 0 Å². The molecule has 0 spiro atoms. The molecule has 1 aromatic heterocycles. The Hall–Kier alpha value is -0.400. The fraction of sp³-hybridized carbons (Fsp3) is 0.750. The summed E-state index contributed by atoms with van der Waals surface area (Å²) in [5, 5.41) is 9.99. The number of aromatic nitrogens is 2. The Morgan fingerprint density at radius 2 is 2.21 bits per heavy atom. The third-order valence-corrected chi connectivity index (χ3v) is 7.04. The van der Waals surface area contributed by atoms with Crippen molar-refractivity contribution in [2.75, 3.05) is 5.75 Å². The van der Waals surface area contributed by atoms with E-state index in [4.69, 9.17) is 12.2 Å². The summed E-state index contributed by atoms with van der Waals surface area (Å²) in [6.07, 6.45) is 4.21. The number of nitrogens with one attached hydrogen (secondary N) is 2. The minimum atomic E-state index is 0.143. The minimum Gasteiger partial charge on any atom is -0.352 e. The number of hydrogen-bond donors (Lipinski definition) is 2. The number of carbonyl (C=O) groups is 1. The van der Waals surface area contributed by atoms with Crippen LogP contribution in [0.5, 0.6) is 0 Å². The number of H-pyrrole nitrogens is 1. The number of fused-ring (bicyclic) bond motifs is 5. The number of thioether (sulfide) groups is 1. The van der Waals surface area contributed by atoms with Crippen LogP contribution in [0, 0.1) is 27.6 Å². The summed E-state index contributed by atoms with van der Waals surface area (Å²) in [4.78, 5) is 11.9. The van der Waals surface area contributed by atoms with E-state index >= 15 is 0 Å². The van der Waals surface area contributed by atoms with Crippen molar-refractivity contribution in [1.82, 2.24) is 15.5 Å². The van der Waals surface area contributed by atoms with Crippen molar-refractivity contribution in [3.05, 3.63) is 3.95 Å². The van der Waals surface area contributed by atoms with E-state index in [-0.39, 0.29) is 5.91 Å². The van der Waals surface area contributed by atoms with E-state index in [2.05, 4.69) is 15.5 Å². The number of amides is 1. The lowest BCUT2D eigenvalue weighted by Crippen LogP contribution is -2.31. The maximum atomic E-state index is 11.9. The van der Waals surface area contributed by atoms with Crippen LogP contribution < -0.4 is 5.32 Å². The second kappa shape index (κ2) is 4.56. The monoisotopic (exact) mass is 313 g/mol. The molecular formula is C12H15N3OS3. The van der Waals surface area contributed by atoms with Gasteiger partial charge in [-0.15, -0.1) is 0 Å². The minimum absolute atomic E-state index is 0.143. The third-order valence-electron chi connectivity index (χ3n) is 4.81. The van der Waals surface area contributed by atoms with E-state index < -0.39 is 0 Å². The molecule has 1 unspecified atom stereocenters. The van der Waals surface area contributed by atoms with Gasteiger partial charge in [0.2, 0.25) is 5.91 Å². The van der Waals surface area contributed by atoms with Crippen molar-refractivity contribution >= 4 is 41.2 Å². The van der Waals surface area contributed by atoms with Gasteiger partial charge in [0.05, 0.1) is 5.75 Å². The number of aromatic amines is 1. The Kier molecular flexibility index (Phi) is 2.97. The summed E-state index contributed by atoms with van der Waals surface area (Å²) in [6, 6.07) is 0.483. The highest BCUT2D eigenvalue weighted by molar-refractivity contribution is 8.01. The Morgan fingerprint density at radius 1 is 1.47 bits per heavy atom. The van der Waals surface area contributed by atoms with E-state index in [9.17, 15) is 4.79 Å². The van der Waals surface area contributed by atoms with E-state index in [1.165, 1.54) is 42.4 Å². The molecule has 19 heavy (non-hydrogen) atoms. The molecule has 1 heterocycles. The zero-order chi connectivity index (χ0) is 13.0. The quantitative estimate of drug-likeness (QED) is 0.662. The summed E-state index contributed by atoms with van der Waals surface area (Å²) >= 11 is 7.85. The van der Waals surface area contributed by atoms with Crippen LogP contribution in [0.3, 0.4) is 0 Å². The highest BCUT2D eigenvalue weighted by Gasteiger charge is 2.65. The van der Waals surface area contributed by atoms with Crippen LogP contribution in [0.15, 0.2) is 4.34 Å². The van der Waals surface area contributed by atoms with Gasteiger partial charge in [-0.05, 0) is 55.2 Å². The maximum absolute atomic E-state index is 11.9. The Bertz CT molecular complexity index is 553. The largest absolute Gasteiger partial charge is 0.352 e. The zero-order valence-corrected chi connectivity index (χ0v) is 12.7. The van der Waals surface area contributed by atoms with Crippen molar-refractivity contribution in [2.45, 2.75) is 29.6 Å². The highest BCUT2D eigenvalue weighted by Crippen LogP contribution is 2.65. The topological polar surface area (TPSA) is 57.8 Å². The fourth-order valence-electron chi connectivity index (χ4n) is 4.15. The van der Waals surface area contributed by atoms with Gasteiger partial charge in [-0.25, -0.2) is 0 Å². The van der Waals surface area contributed by atoms with Gasteiger partial charge in [0.15, 0.2) is 8.29 Å². The van der Waals surface area contributed by atoms with Crippen molar-refractivity contribution in [3.63, 3.8) is 0 Å². The lowest BCUT2D eigenvalue weighted by molar-refractivity contribution is -0.118. The standard InChI is InChI=1S/C12H15N3OS3/c16-7(4-18-12-15-14-11(17)19-12)13-10-8-5-1-2-6(3-5)9(8)10/h5-6,8-10H,1-4H2,(H,13,16)(H,14,17)/t5-,6-,8-,9+,10?/m0/s1. The Balaban J connectivity index is 1.28. The average Bonchev–Trinajstić information content (AvgIpc) is 2.79. The van der Waals surface area contributed by atoms with Crippen LogP contribution in [-0.2, 0) is 4.79 Å². The molecule has 3 aliphatic carbocycles. The van der Waals surface area contributed by atoms with Crippen LogP contribution in [0.4, 0.5) is 0 Å². The van der Waals surface area contributed by atoms with Gasteiger partial charge in [0.25, 0.3) is 0 Å². The molecule has 4 nitrogen and oxygen atoms in total. The van der Waals surface area contributed by atoms with Crippen molar-refractivity contribution in [2.24, 2.45) is 23.7 Å². The van der Waals surface area contributed by atoms with Gasteiger partial charge in [-0.2, -0.15) is 5.10 Å². The number of hydrogen-bond acceptors (Lipinski definition) is 5. The fourth-order valence-corrected chi connectivity index (χ4v) is 6.04. The van der Waals surface area contributed by atoms with Gasteiger partial charge >= 0.3 is 0 Å². The first-order valence-corrected chi connectivity index (χ1v) is 8.91. The summed E-state index contributed by atoms with van der Waals surface area (Å²) in [5.41, 5.74) is 0. The molecule has 0 aliphatic heterocycles. The van der Waals surface area contributed by atoms with E-state index in [1.807, 2.05) is 0 Å². The van der Waals surface area contributed by atoms with Crippen molar-refractivity contribution < 1.29 is 4.79 Å². The highest BCUT2D eigenvalue weighted by atomic mass is 32.2. The molecule has 0 aromatic carbocycles. The maximum Gasteiger partial charge on any atom is 0.230 e. The van der Waals surface area contributed by atoms with Gasteiger partial charge in [-0.3, -0.25) is 9.89 Å². The smallest absolute Gasteiger partial charge is 0.230 e. The molecular weight excluding hydrogens is 298 g/mol. The molecule has 3 saturated carbocycles. The van der Waals surface area contributed by atoms with E-state index in [0.29, 0.717) is 15.7 Å². The van der Waals surface area contributed by atoms with Gasteiger partial charge < -0.3 is 5.32 Å². The molecule has 1 aromatic rings. The zero-order valence-electron chi connectivity index (χ0n) is 10.3. The van der Waals surface area contributed by atoms with Crippen molar-refractivity contribution in [1.29, 1.82) is 0 Å². The Morgan fingerprint density at radius 3 is 2.84 bits per heavy atom. The molecule has 3 aliphatic rings. The van der Waals surface area contributed by atoms with E-state index in [0.717, 1.165) is 28.0 Å². The molecule has 102 valence electrons. The number of carbonyl (C=O) groups excluding carboxylic acids is 1. The van der Waals surface area contributed by atoms with Crippen LogP contribution >= 0.6 is 35.3 Å². The normalized spacial score (nSPS) is 38.2. The second-order valence-corrected chi connectivity index (χ2v) is 8.64. The first-order chi connectivity index (χ1) is 9.22. The van der Waals surface area contributed by atoms with Crippen molar-refractivity contribution in [3.8, 4) is 0 Å². The molecule has 4 rings (SSSR count). The van der Waals surface area contributed by atoms with Crippen LogP contribution in [0.25, 0.3) is 0 Å². The molecule has 0 saturated heterocycles. The first kappa shape index (κ1) is 12.3. The molecule has 1 amide bonds. The number of rotatable bonds is 4. The lowest BCUT2D eigenvalue weighted by Gasteiger charge is -2.09. The lowest BCUT2D eigenvalue weighted by atomic mass is 10.0. The third kappa shape index (κ3) is 2.15. The molecule has 5 atom stereocenters. The number of nitrogens with zero attached hydrogens (tertiary/aromatic N) is 1. The molecule has 2 N–H and O–H groups in total. The molecule has 3 fully saturated rings. The van der Waals surface area contributed by atoms with E-state index in [1.54, 1.807) is 0 Å². The predicted octanol–water partition coefficient (Wildman–Crippen LogP) is 2.45. The average molecular weight is 313 g/mol. The summed E-state index contributed by atoms with van der Waals surface area (Å²) in [5.74, 6) is 4.01. The van der Waals surface area contributed by atoms with Gasteiger partial charge in [-0.1, -0.05) is 23.1 Å².